The number of methoxy groups -OCH3 is 1. The SMILES string of the molecule is COC(=O)C[C@H]1CC(=O)C1(C)C. The molecule has 3 nitrogen and oxygen atoms in total. The van der Waals surface area contributed by atoms with Gasteiger partial charge in [-0.05, 0) is 5.92 Å². The lowest BCUT2D eigenvalue weighted by Gasteiger charge is -2.41. The summed E-state index contributed by atoms with van der Waals surface area (Å²) in [6.45, 7) is 3.76. The first kappa shape index (κ1) is 9.23. The molecule has 0 N–H and O–H groups in total. The number of hydrogen-bond acceptors (Lipinski definition) is 3. The second-order valence-electron chi connectivity index (χ2n) is 3.83. The monoisotopic (exact) mass is 170 g/mol. The van der Waals surface area contributed by atoms with Gasteiger partial charge < -0.3 is 4.74 Å². The molecule has 0 aromatic carbocycles. The Morgan fingerprint density at radius 2 is 2.25 bits per heavy atom. The van der Waals surface area contributed by atoms with Crippen molar-refractivity contribution >= 4 is 11.8 Å². The number of ether oxygens (including phenoxy) is 1. The highest BCUT2D eigenvalue weighted by Crippen LogP contribution is 2.44. The van der Waals surface area contributed by atoms with Crippen LogP contribution in [0.4, 0.5) is 0 Å². The van der Waals surface area contributed by atoms with Gasteiger partial charge in [0.05, 0.1) is 7.11 Å². The fraction of sp³-hybridized carbons (Fsp3) is 0.778. The van der Waals surface area contributed by atoms with Gasteiger partial charge in [0.2, 0.25) is 0 Å². The molecule has 0 aliphatic heterocycles. The minimum atomic E-state index is -0.311. The van der Waals surface area contributed by atoms with E-state index in [-0.39, 0.29) is 23.1 Å². The molecule has 0 aromatic rings. The van der Waals surface area contributed by atoms with Crippen molar-refractivity contribution in [1.82, 2.24) is 0 Å². The molecule has 1 fully saturated rings. The molecule has 1 saturated carbocycles. The standard InChI is InChI=1S/C9H14O3/c1-9(2)6(4-7(9)10)5-8(11)12-3/h6H,4-5H2,1-3H3/t6-/m1/s1. The molecular weight excluding hydrogens is 156 g/mol. The summed E-state index contributed by atoms with van der Waals surface area (Å²) >= 11 is 0. The van der Waals surface area contributed by atoms with Gasteiger partial charge in [0.15, 0.2) is 0 Å². The van der Waals surface area contributed by atoms with E-state index in [9.17, 15) is 9.59 Å². The third-order valence-electron chi connectivity index (χ3n) is 2.81. The molecular formula is C9H14O3. The summed E-state index contributed by atoms with van der Waals surface area (Å²) in [7, 11) is 1.37. The van der Waals surface area contributed by atoms with Gasteiger partial charge in [-0.15, -0.1) is 0 Å². The van der Waals surface area contributed by atoms with Crippen LogP contribution in [0.2, 0.25) is 0 Å². The van der Waals surface area contributed by atoms with Crippen LogP contribution in [0.15, 0.2) is 0 Å². The lowest BCUT2D eigenvalue weighted by Crippen LogP contribution is -2.46. The topological polar surface area (TPSA) is 43.4 Å². The summed E-state index contributed by atoms with van der Waals surface area (Å²) in [4.78, 5) is 22.0. The van der Waals surface area contributed by atoms with Gasteiger partial charge in [-0.2, -0.15) is 0 Å². The van der Waals surface area contributed by atoms with Gasteiger partial charge >= 0.3 is 5.97 Å². The summed E-state index contributed by atoms with van der Waals surface area (Å²) in [5, 5.41) is 0. The van der Waals surface area contributed by atoms with Gasteiger partial charge in [-0.1, -0.05) is 13.8 Å². The zero-order valence-electron chi connectivity index (χ0n) is 7.72. The van der Waals surface area contributed by atoms with Crippen LogP contribution < -0.4 is 0 Å². The molecule has 1 aliphatic carbocycles. The van der Waals surface area contributed by atoms with Crippen LogP contribution in [0, 0.1) is 11.3 Å². The Hall–Kier alpha value is -0.860. The average Bonchev–Trinajstić information content (AvgIpc) is 2.03. The van der Waals surface area contributed by atoms with Gasteiger partial charge in [0.1, 0.15) is 5.78 Å². The maximum Gasteiger partial charge on any atom is 0.305 e. The summed E-state index contributed by atoms with van der Waals surface area (Å²) < 4.78 is 4.53. The molecule has 68 valence electrons. The molecule has 3 heteroatoms. The largest absolute Gasteiger partial charge is 0.469 e. The average molecular weight is 170 g/mol. The zero-order chi connectivity index (χ0) is 9.35. The molecule has 1 atom stereocenters. The highest BCUT2D eigenvalue weighted by atomic mass is 16.5. The molecule has 0 saturated heterocycles. The molecule has 0 amide bonds. The first-order valence-corrected chi connectivity index (χ1v) is 4.08. The highest BCUT2D eigenvalue weighted by molar-refractivity contribution is 5.91. The van der Waals surface area contributed by atoms with E-state index in [0.717, 1.165) is 0 Å². The van der Waals surface area contributed by atoms with Crippen molar-refractivity contribution in [3.05, 3.63) is 0 Å². The Kier molecular flexibility index (Phi) is 2.22. The van der Waals surface area contributed by atoms with Crippen molar-refractivity contribution in [2.45, 2.75) is 26.7 Å². The van der Waals surface area contributed by atoms with Crippen LogP contribution in [-0.4, -0.2) is 18.9 Å². The number of rotatable bonds is 2. The van der Waals surface area contributed by atoms with Crippen LogP contribution in [-0.2, 0) is 14.3 Å². The normalized spacial score (nSPS) is 26.2. The maximum absolute atomic E-state index is 11.1. The van der Waals surface area contributed by atoms with Gasteiger partial charge in [0.25, 0.3) is 0 Å². The number of Topliss-reactive ketones (excluding diaryl/α,β-unsaturated/α-hetero) is 1. The van der Waals surface area contributed by atoms with Crippen molar-refractivity contribution in [3.63, 3.8) is 0 Å². The minimum absolute atomic E-state index is 0.178. The molecule has 0 bridgehead atoms. The first-order chi connectivity index (χ1) is 5.48. The second-order valence-corrected chi connectivity index (χ2v) is 3.83. The van der Waals surface area contributed by atoms with Gasteiger partial charge in [-0.25, -0.2) is 0 Å². The minimum Gasteiger partial charge on any atom is -0.469 e. The predicted octanol–water partition coefficient (Wildman–Crippen LogP) is 1.16. The third-order valence-corrected chi connectivity index (χ3v) is 2.81. The smallest absolute Gasteiger partial charge is 0.305 e. The summed E-state index contributed by atoms with van der Waals surface area (Å²) in [5.74, 6) is 0.203. The van der Waals surface area contributed by atoms with Crippen molar-refractivity contribution in [3.8, 4) is 0 Å². The highest BCUT2D eigenvalue weighted by Gasteiger charge is 2.47. The van der Waals surface area contributed by atoms with Gasteiger partial charge in [0, 0.05) is 18.3 Å². The van der Waals surface area contributed by atoms with Crippen molar-refractivity contribution in [2.75, 3.05) is 7.11 Å². The van der Waals surface area contributed by atoms with E-state index in [2.05, 4.69) is 4.74 Å². The molecule has 0 spiro atoms. The quantitative estimate of drug-likeness (QED) is 0.584. The fourth-order valence-electron chi connectivity index (χ4n) is 1.45. The Bertz CT molecular complexity index is 218. The van der Waals surface area contributed by atoms with E-state index in [4.69, 9.17) is 0 Å². The molecule has 12 heavy (non-hydrogen) atoms. The van der Waals surface area contributed by atoms with Crippen LogP contribution in [0.25, 0.3) is 0 Å². The zero-order valence-corrected chi connectivity index (χ0v) is 7.72. The summed E-state index contributed by atoms with van der Waals surface area (Å²) in [6, 6.07) is 0. The van der Waals surface area contributed by atoms with E-state index in [0.29, 0.717) is 12.8 Å². The van der Waals surface area contributed by atoms with Crippen molar-refractivity contribution < 1.29 is 14.3 Å². The van der Waals surface area contributed by atoms with E-state index in [1.165, 1.54) is 7.11 Å². The predicted molar refractivity (Wildman–Crippen MR) is 43.5 cm³/mol. The number of esters is 1. The Morgan fingerprint density at radius 1 is 1.67 bits per heavy atom. The first-order valence-electron chi connectivity index (χ1n) is 4.08. The number of carbonyl (C=O) groups is 2. The Balaban J connectivity index is 2.47. The third kappa shape index (κ3) is 1.36. The Morgan fingerprint density at radius 3 is 2.58 bits per heavy atom. The molecule has 0 unspecified atom stereocenters. The van der Waals surface area contributed by atoms with Crippen LogP contribution in [0.3, 0.4) is 0 Å². The molecule has 0 radical (unpaired) electrons. The van der Waals surface area contributed by atoms with Crippen LogP contribution in [0.1, 0.15) is 26.7 Å². The summed E-state index contributed by atoms with van der Waals surface area (Å²) in [5.41, 5.74) is -0.311. The molecule has 1 aliphatic rings. The van der Waals surface area contributed by atoms with E-state index < -0.39 is 0 Å². The van der Waals surface area contributed by atoms with Crippen LogP contribution >= 0.6 is 0 Å². The number of hydrogen-bond donors (Lipinski definition) is 0. The van der Waals surface area contributed by atoms with E-state index in [1.54, 1.807) is 0 Å². The van der Waals surface area contributed by atoms with Crippen LogP contribution in [0.5, 0.6) is 0 Å². The van der Waals surface area contributed by atoms with E-state index >= 15 is 0 Å². The van der Waals surface area contributed by atoms with Gasteiger partial charge in [-0.3, -0.25) is 9.59 Å². The molecule has 0 aromatic heterocycles. The lowest BCUT2D eigenvalue weighted by molar-refractivity contribution is -0.151. The fourth-order valence-corrected chi connectivity index (χ4v) is 1.45. The lowest BCUT2D eigenvalue weighted by atomic mass is 9.60. The maximum atomic E-state index is 11.1. The van der Waals surface area contributed by atoms with Crippen molar-refractivity contribution in [1.29, 1.82) is 0 Å². The molecule has 0 heterocycles. The molecule has 1 rings (SSSR count). The van der Waals surface area contributed by atoms with E-state index in [1.807, 2.05) is 13.8 Å². The number of ketones is 1. The summed E-state index contributed by atoms with van der Waals surface area (Å²) in [6.07, 6.45) is 0.900. The number of carbonyl (C=O) groups excluding carboxylic acids is 2. The Labute approximate surface area is 72.1 Å². The second kappa shape index (κ2) is 2.88. The van der Waals surface area contributed by atoms with Crippen molar-refractivity contribution in [2.24, 2.45) is 11.3 Å².